The number of rotatable bonds is 3. The minimum absolute atomic E-state index is 0.120. The molecule has 5 nitrogen and oxygen atoms in total. The average Bonchev–Trinajstić information content (AvgIpc) is 2.47. The number of thiocarbonyl (C=S) groups is 1. The van der Waals surface area contributed by atoms with Crippen molar-refractivity contribution in [2.75, 3.05) is 25.5 Å². The lowest BCUT2D eigenvalue weighted by Gasteiger charge is -2.32. The molecule has 1 fully saturated rings. The van der Waals surface area contributed by atoms with Crippen LogP contribution in [0, 0.1) is 5.92 Å². The van der Waals surface area contributed by atoms with Gasteiger partial charge in [-0.3, -0.25) is 0 Å². The molecule has 1 aromatic carbocycles. The molecule has 1 atom stereocenters. The van der Waals surface area contributed by atoms with Gasteiger partial charge in [0.1, 0.15) is 5.75 Å². The van der Waals surface area contributed by atoms with Gasteiger partial charge in [0.05, 0.1) is 12.1 Å². The Hall–Kier alpha value is -1.82. The quantitative estimate of drug-likeness (QED) is 0.839. The maximum atomic E-state index is 12.2. The number of hydrogen-bond donors (Lipinski definition) is 2. The van der Waals surface area contributed by atoms with Gasteiger partial charge in [0, 0.05) is 30.8 Å². The summed E-state index contributed by atoms with van der Waals surface area (Å²) in [6.07, 6.45) is 1.88. The number of urea groups is 1. The SMILES string of the molecule is COc1cccc(NC(=O)N2CCCC(C(N)=S)C2)c1. The van der Waals surface area contributed by atoms with Crippen LogP contribution in [0.2, 0.25) is 0 Å². The van der Waals surface area contributed by atoms with Gasteiger partial charge in [0.15, 0.2) is 0 Å². The lowest BCUT2D eigenvalue weighted by molar-refractivity contribution is 0.191. The van der Waals surface area contributed by atoms with Crippen LogP contribution in [0.15, 0.2) is 24.3 Å². The van der Waals surface area contributed by atoms with Crippen LogP contribution in [0.5, 0.6) is 5.75 Å². The number of nitrogens with two attached hydrogens (primary N) is 1. The molecule has 0 radical (unpaired) electrons. The zero-order valence-corrected chi connectivity index (χ0v) is 12.3. The zero-order chi connectivity index (χ0) is 14.5. The molecule has 1 saturated heterocycles. The van der Waals surface area contributed by atoms with Crippen LogP contribution in [0.3, 0.4) is 0 Å². The van der Waals surface area contributed by atoms with Gasteiger partial charge in [-0.2, -0.15) is 0 Å². The van der Waals surface area contributed by atoms with E-state index in [-0.39, 0.29) is 11.9 Å². The van der Waals surface area contributed by atoms with Gasteiger partial charge in [0.2, 0.25) is 0 Å². The van der Waals surface area contributed by atoms with Crippen LogP contribution in [0.1, 0.15) is 12.8 Å². The predicted octanol–water partition coefficient (Wildman–Crippen LogP) is 2.23. The van der Waals surface area contributed by atoms with Crippen LogP contribution in [-0.2, 0) is 0 Å². The molecule has 0 spiro atoms. The monoisotopic (exact) mass is 293 g/mol. The number of carbonyl (C=O) groups excluding carboxylic acids is 1. The molecule has 0 aromatic heterocycles. The van der Waals surface area contributed by atoms with Gasteiger partial charge < -0.3 is 20.7 Å². The molecule has 1 aromatic rings. The Morgan fingerprint density at radius 1 is 1.55 bits per heavy atom. The van der Waals surface area contributed by atoms with Gasteiger partial charge in [0.25, 0.3) is 0 Å². The highest BCUT2D eigenvalue weighted by molar-refractivity contribution is 7.80. The van der Waals surface area contributed by atoms with E-state index in [1.165, 1.54) is 0 Å². The largest absolute Gasteiger partial charge is 0.497 e. The van der Waals surface area contributed by atoms with E-state index in [0.29, 0.717) is 23.0 Å². The third-order valence-corrected chi connectivity index (χ3v) is 3.77. The number of methoxy groups -OCH3 is 1. The highest BCUT2D eigenvalue weighted by Crippen LogP contribution is 2.20. The van der Waals surface area contributed by atoms with Gasteiger partial charge in [-0.25, -0.2) is 4.79 Å². The van der Waals surface area contributed by atoms with Crippen molar-refractivity contribution in [3.8, 4) is 5.75 Å². The number of benzene rings is 1. The van der Waals surface area contributed by atoms with Crippen LogP contribution in [0.25, 0.3) is 0 Å². The topological polar surface area (TPSA) is 67.6 Å². The summed E-state index contributed by atoms with van der Waals surface area (Å²) < 4.78 is 5.13. The molecule has 6 heteroatoms. The van der Waals surface area contributed by atoms with Gasteiger partial charge in [-0.05, 0) is 25.0 Å². The third kappa shape index (κ3) is 3.60. The number of amides is 2. The Morgan fingerprint density at radius 3 is 3.05 bits per heavy atom. The summed E-state index contributed by atoms with van der Waals surface area (Å²) in [6, 6.07) is 7.16. The Labute approximate surface area is 124 Å². The molecule has 108 valence electrons. The van der Waals surface area contributed by atoms with E-state index < -0.39 is 0 Å². The first-order valence-electron chi connectivity index (χ1n) is 6.59. The number of hydrogen-bond acceptors (Lipinski definition) is 3. The number of nitrogens with one attached hydrogen (secondary N) is 1. The molecule has 0 aliphatic carbocycles. The van der Waals surface area contributed by atoms with Crippen LogP contribution in [0.4, 0.5) is 10.5 Å². The second kappa shape index (κ2) is 6.56. The number of anilines is 1. The predicted molar refractivity (Wildman–Crippen MR) is 83.1 cm³/mol. The van der Waals surface area contributed by atoms with E-state index in [4.69, 9.17) is 22.7 Å². The summed E-state index contributed by atoms with van der Waals surface area (Å²) in [6.45, 7) is 1.32. The van der Waals surface area contributed by atoms with Gasteiger partial charge in [-0.15, -0.1) is 0 Å². The number of carbonyl (C=O) groups is 1. The molecular formula is C14H19N3O2S. The summed E-state index contributed by atoms with van der Waals surface area (Å²) in [5, 5.41) is 2.87. The minimum atomic E-state index is -0.126. The fraction of sp³-hybridized carbons (Fsp3) is 0.429. The molecule has 0 saturated carbocycles. The van der Waals surface area contributed by atoms with Crippen molar-refractivity contribution < 1.29 is 9.53 Å². The van der Waals surface area contributed by atoms with Crippen LogP contribution < -0.4 is 15.8 Å². The third-order valence-electron chi connectivity index (χ3n) is 3.43. The van der Waals surface area contributed by atoms with Crippen molar-refractivity contribution in [2.45, 2.75) is 12.8 Å². The fourth-order valence-electron chi connectivity index (χ4n) is 2.30. The second-order valence-electron chi connectivity index (χ2n) is 4.85. The molecule has 1 aliphatic heterocycles. The minimum Gasteiger partial charge on any atom is -0.497 e. The lowest BCUT2D eigenvalue weighted by atomic mass is 9.98. The maximum absolute atomic E-state index is 12.2. The molecule has 0 bridgehead atoms. The van der Waals surface area contributed by atoms with Gasteiger partial charge >= 0.3 is 6.03 Å². The number of ether oxygens (including phenoxy) is 1. The normalized spacial score (nSPS) is 18.4. The number of nitrogens with zero attached hydrogens (tertiary/aromatic N) is 1. The summed E-state index contributed by atoms with van der Waals surface area (Å²) in [7, 11) is 1.60. The summed E-state index contributed by atoms with van der Waals surface area (Å²) in [4.78, 5) is 14.5. The van der Waals surface area contributed by atoms with Crippen molar-refractivity contribution in [1.82, 2.24) is 4.90 Å². The molecule has 2 amide bonds. The second-order valence-corrected chi connectivity index (χ2v) is 5.32. The average molecular weight is 293 g/mol. The molecule has 20 heavy (non-hydrogen) atoms. The molecular weight excluding hydrogens is 274 g/mol. The highest BCUT2D eigenvalue weighted by Gasteiger charge is 2.25. The van der Waals surface area contributed by atoms with E-state index in [0.717, 1.165) is 19.4 Å². The van der Waals surface area contributed by atoms with Crippen molar-refractivity contribution in [1.29, 1.82) is 0 Å². The van der Waals surface area contributed by atoms with E-state index in [9.17, 15) is 4.79 Å². The summed E-state index contributed by atoms with van der Waals surface area (Å²) in [5.41, 5.74) is 6.39. The van der Waals surface area contributed by atoms with E-state index >= 15 is 0 Å². The Kier molecular flexibility index (Phi) is 4.79. The zero-order valence-electron chi connectivity index (χ0n) is 11.5. The first kappa shape index (κ1) is 14.6. The molecule has 1 heterocycles. The molecule has 2 rings (SSSR count). The van der Waals surface area contributed by atoms with E-state index in [1.807, 2.05) is 18.2 Å². The Bertz CT molecular complexity index is 507. The first-order chi connectivity index (χ1) is 9.60. The summed E-state index contributed by atoms with van der Waals surface area (Å²) in [5.74, 6) is 0.831. The lowest BCUT2D eigenvalue weighted by Crippen LogP contribution is -2.45. The highest BCUT2D eigenvalue weighted by atomic mass is 32.1. The number of piperidine rings is 1. The van der Waals surface area contributed by atoms with Gasteiger partial charge in [-0.1, -0.05) is 18.3 Å². The standard InChI is InChI=1S/C14H19N3O2S/c1-19-12-6-2-5-11(8-12)16-14(18)17-7-3-4-10(9-17)13(15)20/h2,5-6,8,10H,3-4,7,9H2,1H3,(H2,15,20)(H,16,18). The van der Waals surface area contributed by atoms with E-state index in [1.54, 1.807) is 18.1 Å². The molecule has 1 unspecified atom stereocenters. The maximum Gasteiger partial charge on any atom is 0.321 e. The van der Waals surface area contributed by atoms with Crippen molar-refractivity contribution in [3.05, 3.63) is 24.3 Å². The van der Waals surface area contributed by atoms with Crippen LogP contribution in [-0.4, -0.2) is 36.1 Å². The number of likely N-dealkylation sites (tertiary alicyclic amines) is 1. The Morgan fingerprint density at radius 2 is 2.35 bits per heavy atom. The summed E-state index contributed by atoms with van der Waals surface area (Å²) >= 11 is 5.02. The van der Waals surface area contributed by atoms with Crippen molar-refractivity contribution in [2.24, 2.45) is 11.7 Å². The smallest absolute Gasteiger partial charge is 0.321 e. The Balaban J connectivity index is 1.98. The fourth-order valence-corrected chi connectivity index (χ4v) is 2.49. The first-order valence-corrected chi connectivity index (χ1v) is 7.00. The van der Waals surface area contributed by atoms with E-state index in [2.05, 4.69) is 5.32 Å². The van der Waals surface area contributed by atoms with Crippen molar-refractivity contribution >= 4 is 28.9 Å². The van der Waals surface area contributed by atoms with Crippen molar-refractivity contribution in [3.63, 3.8) is 0 Å². The van der Waals surface area contributed by atoms with Crippen LogP contribution >= 0.6 is 12.2 Å². The molecule has 3 N–H and O–H groups in total. The molecule has 1 aliphatic rings.